The highest BCUT2D eigenvalue weighted by atomic mass is 16.5. The Labute approximate surface area is 184 Å². The summed E-state index contributed by atoms with van der Waals surface area (Å²) in [4.78, 5) is 15.2. The van der Waals surface area contributed by atoms with Gasteiger partial charge in [-0.15, -0.1) is 0 Å². The Kier molecular flexibility index (Phi) is 6.88. The van der Waals surface area contributed by atoms with Crippen molar-refractivity contribution >= 4 is 11.6 Å². The lowest BCUT2D eigenvalue weighted by molar-refractivity contribution is -0.135. The zero-order valence-electron chi connectivity index (χ0n) is 17.9. The second-order valence-corrected chi connectivity index (χ2v) is 8.32. The van der Waals surface area contributed by atoms with Crippen LogP contribution < -0.4 is 10.5 Å². The predicted molar refractivity (Wildman–Crippen MR) is 125 cm³/mol. The van der Waals surface area contributed by atoms with Crippen LogP contribution in [-0.2, 0) is 24.4 Å². The van der Waals surface area contributed by atoms with Gasteiger partial charge in [-0.2, -0.15) is 0 Å². The number of hydrogen-bond acceptors (Lipinski definition) is 3. The molecule has 1 heterocycles. The lowest BCUT2D eigenvalue weighted by Crippen LogP contribution is -2.35. The van der Waals surface area contributed by atoms with E-state index in [2.05, 4.69) is 24.3 Å². The van der Waals surface area contributed by atoms with Crippen LogP contribution in [0.4, 0.5) is 5.69 Å². The molecule has 3 aromatic carbocycles. The summed E-state index contributed by atoms with van der Waals surface area (Å²) in [6.07, 6.45) is 3.85. The smallest absolute Gasteiger partial charge is 0.226 e. The van der Waals surface area contributed by atoms with Crippen LogP contribution in [0.1, 0.15) is 36.0 Å². The molecule has 1 aliphatic heterocycles. The molecule has 1 atom stereocenters. The number of nitrogens with zero attached hydrogens (tertiary/aromatic N) is 1. The van der Waals surface area contributed by atoms with Gasteiger partial charge in [0, 0.05) is 24.7 Å². The molecular weight excluding hydrogens is 384 g/mol. The highest BCUT2D eigenvalue weighted by Gasteiger charge is 2.27. The topological polar surface area (TPSA) is 55.6 Å². The molecule has 31 heavy (non-hydrogen) atoms. The molecule has 1 aliphatic rings. The van der Waals surface area contributed by atoms with Crippen molar-refractivity contribution in [2.24, 2.45) is 5.92 Å². The summed E-state index contributed by atoms with van der Waals surface area (Å²) in [5.41, 5.74) is 10.1. The molecule has 0 aromatic heterocycles. The van der Waals surface area contributed by atoms with Gasteiger partial charge in [0.05, 0.1) is 0 Å². The van der Waals surface area contributed by atoms with Crippen molar-refractivity contribution in [3.8, 4) is 5.75 Å². The molecule has 1 unspecified atom stereocenters. The number of nitrogens with two attached hydrogens (primary N) is 1. The zero-order chi connectivity index (χ0) is 21.5. The van der Waals surface area contributed by atoms with Crippen LogP contribution in [0.5, 0.6) is 5.75 Å². The largest absolute Gasteiger partial charge is 0.489 e. The molecule has 0 radical (unpaired) electrons. The fourth-order valence-electron chi connectivity index (χ4n) is 4.19. The van der Waals surface area contributed by atoms with E-state index in [9.17, 15) is 4.79 Å². The Morgan fingerprint density at radius 3 is 2.42 bits per heavy atom. The quantitative estimate of drug-likeness (QED) is 0.539. The molecule has 1 saturated heterocycles. The standard InChI is InChI=1S/C27H30N2O2/c28-25-11-6-9-23(18-25)19-29-16-5-4-10-24(27(29)30)17-21-12-14-26(15-13-21)31-20-22-7-2-1-3-8-22/h1-3,6-9,11-15,18,24H,4-5,10,16-17,19-20,28H2. The Morgan fingerprint density at radius 1 is 0.871 bits per heavy atom. The maximum absolute atomic E-state index is 13.2. The van der Waals surface area contributed by atoms with Crippen molar-refractivity contribution in [3.05, 3.63) is 95.6 Å². The summed E-state index contributed by atoms with van der Waals surface area (Å²) in [6, 6.07) is 26.2. The third-order valence-electron chi connectivity index (χ3n) is 5.87. The van der Waals surface area contributed by atoms with Gasteiger partial charge in [0.25, 0.3) is 0 Å². The van der Waals surface area contributed by atoms with E-state index in [0.717, 1.165) is 54.8 Å². The average Bonchev–Trinajstić information content (AvgIpc) is 2.96. The summed E-state index contributed by atoms with van der Waals surface area (Å²) in [7, 11) is 0. The first-order valence-corrected chi connectivity index (χ1v) is 11.1. The van der Waals surface area contributed by atoms with Crippen LogP contribution >= 0.6 is 0 Å². The van der Waals surface area contributed by atoms with E-state index < -0.39 is 0 Å². The van der Waals surface area contributed by atoms with Gasteiger partial charge in [-0.3, -0.25) is 4.79 Å². The minimum Gasteiger partial charge on any atom is -0.489 e. The number of nitrogen functional groups attached to an aromatic ring is 1. The summed E-state index contributed by atoms with van der Waals surface area (Å²) < 4.78 is 5.89. The Balaban J connectivity index is 1.36. The summed E-state index contributed by atoms with van der Waals surface area (Å²) in [5, 5.41) is 0. The van der Waals surface area contributed by atoms with Crippen LogP contribution in [0.15, 0.2) is 78.9 Å². The van der Waals surface area contributed by atoms with Crippen molar-refractivity contribution in [1.82, 2.24) is 4.90 Å². The first-order valence-electron chi connectivity index (χ1n) is 11.1. The summed E-state index contributed by atoms with van der Waals surface area (Å²) in [6.45, 7) is 2.00. The Morgan fingerprint density at radius 2 is 1.65 bits per heavy atom. The minimum atomic E-state index is 0.0275. The fourth-order valence-corrected chi connectivity index (χ4v) is 4.19. The lowest BCUT2D eigenvalue weighted by atomic mass is 9.94. The molecule has 0 bridgehead atoms. The van der Waals surface area contributed by atoms with Crippen LogP contribution in [0.3, 0.4) is 0 Å². The number of amides is 1. The fraction of sp³-hybridized carbons (Fsp3) is 0.296. The molecule has 1 amide bonds. The highest BCUT2D eigenvalue weighted by molar-refractivity contribution is 5.79. The number of ether oxygens (including phenoxy) is 1. The average molecular weight is 415 g/mol. The molecule has 0 aliphatic carbocycles. The number of likely N-dealkylation sites (tertiary alicyclic amines) is 1. The molecule has 3 aromatic rings. The van der Waals surface area contributed by atoms with Gasteiger partial charge in [-0.1, -0.05) is 61.0 Å². The van der Waals surface area contributed by atoms with Crippen LogP contribution in [0, 0.1) is 5.92 Å². The van der Waals surface area contributed by atoms with E-state index in [1.165, 1.54) is 5.56 Å². The number of hydrogen-bond donors (Lipinski definition) is 1. The van der Waals surface area contributed by atoms with Crippen molar-refractivity contribution < 1.29 is 9.53 Å². The normalized spacial score (nSPS) is 16.7. The number of anilines is 1. The molecule has 1 fully saturated rings. The van der Waals surface area contributed by atoms with Crippen molar-refractivity contribution in [1.29, 1.82) is 0 Å². The number of carbonyl (C=O) groups excluding carboxylic acids is 1. The Hall–Kier alpha value is -3.27. The van der Waals surface area contributed by atoms with E-state index in [-0.39, 0.29) is 11.8 Å². The zero-order valence-corrected chi connectivity index (χ0v) is 17.9. The van der Waals surface area contributed by atoms with E-state index in [1.54, 1.807) is 0 Å². The highest BCUT2D eigenvalue weighted by Crippen LogP contribution is 2.25. The van der Waals surface area contributed by atoms with Gasteiger partial charge >= 0.3 is 0 Å². The predicted octanol–water partition coefficient (Wildman–Crippen LogP) is 5.22. The molecule has 4 heteroatoms. The second kappa shape index (κ2) is 10.2. The van der Waals surface area contributed by atoms with Crippen molar-refractivity contribution in [2.45, 2.75) is 38.8 Å². The van der Waals surface area contributed by atoms with Crippen molar-refractivity contribution in [3.63, 3.8) is 0 Å². The first kappa shape index (κ1) is 21.0. The second-order valence-electron chi connectivity index (χ2n) is 8.32. The minimum absolute atomic E-state index is 0.0275. The van der Waals surface area contributed by atoms with Gasteiger partial charge in [0.1, 0.15) is 12.4 Å². The van der Waals surface area contributed by atoms with E-state index in [0.29, 0.717) is 13.2 Å². The van der Waals surface area contributed by atoms with E-state index in [4.69, 9.17) is 10.5 Å². The maximum Gasteiger partial charge on any atom is 0.226 e. The molecular formula is C27H30N2O2. The van der Waals surface area contributed by atoms with Crippen LogP contribution in [-0.4, -0.2) is 17.4 Å². The molecule has 0 saturated carbocycles. The van der Waals surface area contributed by atoms with E-state index in [1.807, 2.05) is 59.5 Å². The SMILES string of the molecule is Nc1cccc(CN2CCCCC(Cc3ccc(OCc4ccccc4)cc3)C2=O)c1. The Bertz CT molecular complexity index is 986. The number of rotatable bonds is 7. The van der Waals surface area contributed by atoms with Gasteiger partial charge in [0.2, 0.25) is 5.91 Å². The molecule has 4 nitrogen and oxygen atoms in total. The lowest BCUT2D eigenvalue weighted by Gasteiger charge is -2.25. The molecule has 4 rings (SSSR count). The van der Waals surface area contributed by atoms with Gasteiger partial charge in [-0.25, -0.2) is 0 Å². The van der Waals surface area contributed by atoms with Gasteiger partial charge in [-0.05, 0) is 60.2 Å². The maximum atomic E-state index is 13.2. The molecule has 160 valence electrons. The van der Waals surface area contributed by atoms with E-state index >= 15 is 0 Å². The monoisotopic (exact) mass is 414 g/mol. The van der Waals surface area contributed by atoms with Crippen LogP contribution in [0.2, 0.25) is 0 Å². The number of carbonyl (C=O) groups is 1. The third kappa shape index (κ3) is 5.88. The number of benzene rings is 3. The first-order chi connectivity index (χ1) is 15.2. The third-order valence-corrected chi connectivity index (χ3v) is 5.87. The summed E-state index contributed by atoms with van der Waals surface area (Å²) >= 11 is 0. The van der Waals surface area contributed by atoms with Crippen molar-refractivity contribution in [2.75, 3.05) is 12.3 Å². The van der Waals surface area contributed by atoms with Crippen LogP contribution in [0.25, 0.3) is 0 Å². The van der Waals surface area contributed by atoms with Gasteiger partial charge < -0.3 is 15.4 Å². The van der Waals surface area contributed by atoms with Gasteiger partial charge in [0.15, 0.2) is 0 Å². The molecule has 2 N–H and O–H groups in total. The summed E-state index contributed by atoms with van der Waals surface area (Å²) in [5.74, 6) is 1.13. The molecule has 0 spiro atoms.